The first-order chi connectivity index (χ1) is 5.90. The molecule has 0 saturated carbocycles. The van der Waals surface area contributed by atoms with Gasteiger partial charge in [-0.25, -0.2) is 0 Å². The average Bonchev–Trinajstić information content (AvgIpc) is 1.89. The molecule has 0 fully saturated rings. The van der Waals surface area contributed by atoms with Crippen LogP contribution in [0.25, 0.3) is 0 Å². The molecule has 8 heteroatoms. The van der Waals surface area contributed by atoms with E-state index in [1.807, 2.05) is 0 Å². The number of hydrogen-bond donors (Lipinski definition) is 1. The number of hydrogen-bond acceptors (Lipinski definition) is 0. The molecule has 0 radical (unpaired) electrons. The van der Waals surface area contributed by atoms with Gasteiger partial charge in [-0.05, 0) is 12.1 Å². The molecule has 0 aliphatic rings. The van der Waals surface area contributed by atoms with Crippen molar-refractivity contribution >= 4 is 27.5 Å². The highest BCUT2D eigenvalue weighted by molar-refractivity contribution is 8.45. The molecule has 3 N–H and O–H groups in total. The van der Waals surface area contributed by atoms with Crippen molar-refractivity contribution in [3.8, 4) is 0 Å². The minimum absolute atomic E-state index is 0.0669. The highest BCUT2D eigenvalue weighted by Gasteiger charge is 2.65. The molecule has 0 aromatic heterocycles. The highest BCUT2D eigenvalue weighted by atomic mass is 35.5. The molecule has 0 aliphatic carbocycles. The van der Waals surface area contributed by atoms with Gasteiger partial charge in [-0.3, -0.25) is 0 Å². The molecular weight excluding hydrogens is 249 g/mol. The van der Waals surface area contributed by atoms with Crippen molar-refractivity contribution in [3.05, 3.63) is 23.2 Å². The van der Waals surface area contributed by atoms with E-state index in [2.05, 4.69) is 5.73 Å². The van der Waals surface area contributed by atoms with Gasteiger partial charge in [-0.2, -0.15) is 0 Å². The van der Waals surface area contributed by atoms with E-state index in [0.29, 0.717) is 0 Å². The zero-order chi connectivity index (χ0) is 11.3. The van der Waals surface area contributed by atoms with Crippen LogP contribution < -0.4 is 5.73 Å². The Morgan fingerprint density at radius 3 is 1.93 bits per heavy atom. The SMILES string of the molecule is [NH3+]c1ccc(S(F)(F)(F)(F)F)cc1Cl. The molecule has 0 unspecified atom stereocenters. The van der Waals surface area contributed by atoms with Crippen molar-refractivity contribution in [1.29, 1.82) is 0 Å². The lowest BCUT2D eigenvalue weighted by Crippen LogP contribution is -2.40. The summed E-state index contributed by atoms with van der Waals surface area (Å²) in [5, 5.41) is -0.434. The lowest BCUT2D eigenvalue weighted by Gasteiger charge is -2.40. The Morgan fingerprint density at radius 2 is 1.57 bits per heavy atom. The summed E-state index contributed by atoms with van der Waals surface area (Å²) in [6.45, 7) is 0. The molecule has 0 amide bonds. The van der Waals surface area contributed by atoms with Gasteiger partial charge >= 0.3 is 10.2 Å². The zero-order valence-corrected chi connectivity index (χ0v) is 8.19. The molecular formula is C6H6ClF5NS+. The van der Waals surface area contributed by atoms with E-state index < -0.39 is 20.1 Å². The molecule has 0 aliphatic heterocycles. The van der Waals surface area contributed by atoms with Gasteiger partial charge in [0.2, 0.25) is 0 Å². The van der Waals surface area contributed by atoms with Crippen molar-refractivity contribution in [3.63, 3.8) is 0 Å². The number of quaternary nitrogens is 1. The Balaban J connectivity index is 3.45. The Hall–Kier alpha value is -0.530. The average molecular weight is 255 g/mol. The second-order valence-corrected chi connectivity index (χ2v) is 5.54. The van der Waals surface area contributed by atoms with Crippen LogP contribution in [-0.4, -0.2) is 0 Å². The topological polar surface area (TPSA) is 27.6 Å². The largest absolute Gasteiger partial charge is 0.324 e. The van der Waals surface area contributed by atoms with E-state index in [0.717, 1.165) is 6.07 Å². The van der Waals surface area contributed by atoms with Gasteiger partial charge in [0.1, 0.15) is 15.6 Å². The second kappa shape index (κ2) is 2.34. The van der Waals surface area contributed by atoms with Crippen LogP contribution in [0.5, 0.6) is 0 Å². The Labute approximate surface area is 81.4 Å². The third-order valence-corrected chi connectivity index (χ3v) is 2.97. The number of halogens is 6. The van der Waals surface area contributed by atoms with E-state index >= 15 is 0 Å². The van der Waals surface area contributed by atoms with Gasteiger partial charge in [0, 0.05) is 6.07 Å². The van der Waals surface area contributed by atoms with Crippen LogP contribution >= 0.6 is 21.8 Å². The van der Waals surface area contributed by atoms with E-state index in [-0.39, 0.29) is 17.8 Å². The molecule has 82 valence electrons. The summed E-state index contributed by atoms with van der Waals surface area (Å²) in [7, 11) is -9.60. The second-order valence-electron chi connectivity index (χ2n) is 2.72. The van der Waals surface area contributed by atoms with Crippen molar-refractivity contribution in [1.82, 2.24) is 0 Å². The molecule has 1 nitrogen and oxygen atoms in total. The summed E-state index contributed by atoms with van der Waals surface area (Å²) in [5.74, 6) is 0. The third kappa shape index (κ3) is 2.49. The Kier molecular flexibility index (Phi) is 1.93. The Bertz CT molecular complexity index is 386. The normalized spacial score (nSPS) is 17.4. The van der Waals surface area contributed by atoms with Crippen LogP contribution in [0.15, 0.2) is 23.1 Å². The van der Waals surface area contributed by atoms with Crippen molar-refractivity contribution < 1.29 is 25.2 Å². The molecule has 0 heterocycles. The third-order valence-electron chi connectivity index (χ3n) is 1.47. The maximum absolute atomic E-state index is 12.2. The molecule has 0 spiro atoms. The molecule has 1 rings (SSSR count). The fourth-order valence-corrected chi connectivity index (χ4v) is 1.68. The summed E-state index contributed by atoms with van der Waals surface area (Å²) in [6, 6.07) is 1.26. The monoisotopic (exact) mass is 254 g/mol. The minimum atomic E-state index is -9.60. The molecule has 1 aromatic rings. The van der Waals surface area contributed by atoms with Gasteiger partial charge < -0.3 is 5.73 Å². The van der Waals surface area contributed by atoms with E-state index in [9.17, 15) is 19.4 Å². The van der Waals surface area contributed by atoms with Gasteiger partial charge in [0.05, 0.1) is 0 Å². The van der Waals surface area contributed by atoms with Crippen LogP contribution in [0.2, 0.25) is 5.02 Å². The summed E-state index contributed by atoms with van der Waals surface area (Å²) in [4.78, 5) is -2.00. The zero-order valence-electron chi connectivity index (χ0n) is 6.62. The summed E-state index contributed by atoms with van der Waals surface area (Å²) in [5.41, 5.74) is 3.32. The van der Waals surface area contributed by atoms with E-state index in [1.54, 1.807) is 0 Å². The van der Waals surface area contributed by atoms with Gasteiger partial charge in [-0.1, -0.05) is 31.0 Å². The first-order valence-electron chi connectivity index (χ1n) is 3.26. The van der Waals surface area contributed by atoms with Crippen molar-refractivity contribution in [2.24, 2.45) is 0 Å². The number of benzene rings is 1. The van der Waals surface area contributed by atoms with E-state index in [1.165, 1.54) is 0 Å². The molecule has 1 aromatic carbocycles. The quantitative estimate of drug-likeness (QED) is 0.737. The first-order valence-corrected chi connectivity index (χ1v) is 5.59. The fraction of sp³-hybridized carbons (Fsp3) is 0. The predicted octanol–water partition coefficient (Wildman–Crippen LogP) is 3.87. The van der Waals surface area contributed by atoms with Crippen molar-refractivity contribution in [2.75, 3.05) is 0 Å². The smallest absolute Gasteiger partial charge is 0.310 e. The van der Waals surface area contributed by atoms with Crippen LogP contribution in [0.3, 0.4) is 0 Å². The summed E-state index contributed by atoms with van der Waals surface area (Å²) in [6.07, 6.45) is 0. The van der Waals surface area contributed by atoms with Crippen LogP contribution in [-0.2, 0) is 0 Å². The van der Waals surface area contributed by atoms with Gasteiger partial charge in [0.15, 0.2) is 0 Å². The lowest BCUT2D eigenvalue weighted by molar-refractivity contribution is -0.254. The maximum atomic E-state index is 12.2. The fourth-order valence-electron chi connectivity index (χ4n) is 0.768. The van der Waals surface area contributed by atoms with Crippen LogP contribution in [0, 0.1) is 0 Å². The lowest BCUT2D eigenvalue weighted by atomic mass is 10.3. The minimum Gasteiger partial charge on any atom is -0.324 e. The predicted molar refractivity (Wildman–Crippen MR) is 45.4 cm³/mol. The van der Waals surface area contributed by atoms with Gasteiger partial charge in [0.25, 0.3) is 0 Å². The molecule has 0 atom stereocenters. The van der Waals surface area contributed by atoms with Gasteiger partial charge in [-0.15, -0.1) is 0 Å². The van der Waals surface area contributed by atoms with Crippen LogP contribution in [0.4, 0.5) is 25.1 Å². The van der Waals surface area contributed by atoms with Crippen molar-refractivity contribution in [2.45, 2.75) is 4.90 Å². The Morgan fingerprint density at radius 1 is 1.07 bits per heavy atom. The summed E-state index contributed by atoms with van der Waals surface area (Å²) >= 11 is 5.27. The first kappa shape index (κ1) is 11.5. The molecule has 0 bridgehead atoms. The highest BCUT2D eigenvalue weighted by Crippen LogP contribution is 3.02. The van der Waals surface area contributed by atoms with Crippen LogP contribution in [0.1, 0.15) is 0 Å². The standard InChI is InChI=1S/C6H5ClF5NS/c7-5-3-4(1-2-6(5)13)14(8,9,10,11)12/h1-3H,13H2/p+1. The number of rotatable bonds is 1. The van der Waals surface area contributed by atoms with E-state index in [4.69, 9.17) is 11.6 Å². The maximum Gasteiger partial charge on any atom is 0.310 e. The molecule has 14 heavy (non-hydrogen) atoms. The summed E-state index contributed by atoms with van der Waals surface area (Å²) < 4.78 is 60.9. The molecule has 0 saturated heterocycles.